The maximum absolute atomic E-state index is 9.63. The molecular formula is C14H15N3O2S. The van der Waals surface area contributed by atoms with Crippen molar-refractivity contribution >= 4 is 22.7 Å². The molecule has 104 valence electrons. The maximum Gasteiger partial charge on any atom is 0.203 e. The molecule has 0 fully saturated rings. The van der Waals surface area contributed by atoms with E-state index in [1.807, 2.05) is 0 Å². The maximum atomic E-state index is 9.63. The van der Waals surface area contributed by atoms with Crippen LogP contribution < -0.4 is 5.43 Å². The number of hydrogen-bond donors (Lipinski definition) is 3. The highest BCUT2D eigenvalue weighted by Crippen LogP contribution is 2.29. The fourth-order valence-corrected chi connectivity index (χ4v) is 3.20. The lowest BCUT2D eigenvalue weighted by molar-refractivity contribution is 0.450. The van der Waals surface area contributed by atoms with Gasteiger partial charge in [0.2, 0.25) is 5.13 Å². The van der Waals surface area contributed by atoms with Crippen molar-refractivity contribution in [1.82, 2.24) is 4.98 Å². The molecule has 0 amide bonds. The van der Waals surface area contributed by atoms with Crippen molar-refractivity contribution in [2.24, 2.45) is 5.10 Å². The van der Waals surface area contributed by atoms with Crippen molar-refractivity contribution in [2.75, 3.05) is 5.43 Å². The molecule has 0 spiro atoms. The number of hydrazone groups is 1. The van der Waals surface area contributed by atoms with E-state index in [9.17, 15) is 10.2 Å². The van der Waals surface area contributed by atoms with Gasteiger partial charge in [-0.1, -0.05) is 0 Å². The number of phenols is 2. The SMILES string of the molecule is Oc1ccc(/C=N/Nc2nc3c(s2)CCCC3)c(O)c1. The third-order valence-electron chi connectivity index (χ3n) is 3.22. The molecule has 0 atom stereocenters. The van der Waals surface area contributed by atoms with Gasteiger partial charge in [0.05, 0.1) is 11.9 Å². The van der Waals surface area contributed by atoms with Gasteiger partial charge in [0, 0.05) is 16.5 Å². The average Bonchev–Trinajstić information content (AvgIpc) is 2.84. The van der Waals surface area contributed by atoms with Crippen LogP contribution >= 0.6 is 11.3 Å². The fraction of sp³-hybridized carbons (Fsp3) is 0.286. The molecule has 0 radical (unpaired) electrons. The van der Waals surface area contributed by atoms with E-state index in [0.29, 0.717) is 5.56 Å². The lowest BCUT2D eigenvalue weighted by Gasteiger charge is -2.06. The highest BCUT2D eigenvalue weighted by atomic mass is 32.1. The molecule has 20 heavy (non-hydrogen) atoms. The summed E-state index contributed by atoms with van der Waals surface area (Å²) in [5, 5.41) is 23.7. The van der Waals surface area contributed by atoms with Gasteiger partial charge < -0.3 is 10.2 Å². The zero-order valence-corrected chi connectivity index (χ0v) is 11.7. The number of phenolic OH excluding ortho intramolecular Hbond substituents is 2. The molecule has 1 aliphatic carbocycles. The van der Waals surface area contributed by atoms with Crippen LogP contribution in [-0.2, 0) is 12.8 Å². The molecule has 3 rings (SSSR count). The summed E-state index contributed by atoms with van der Waals surface area (Å²) in [6.45, 7) is 0. The zero-order valence-electron chi connectivity index (χ0n) is 10.8. The van der Waals surface area contributed by atoms with E-state index in [1.165, 1.54) is 41.8 Å². The Kier molecular flexibility index (Phi) is 3.56. The molecular weight excluding hydrogens is 274 g/mol. The Morgan fingerprint density at radius 3 is 2.90 bits per heavy atom. The van der Waals surface area contributed by atoms with Crippen LogP contribution in [0.1, 0.15) is 29.0 Å². The van der Waals surface area contributed by atoms with E-state index in [1.54, 1.807) is 17.4 Å². The summed E-state index contributed by atoms with van der Waals surface area (Å²) < 4.78 is 0. The van der Waals surface area contributed by atoms with Crippen molar-refractivity contribution in [3.05, 3.63) is 34.3 Å². The number of aromatic hydroxyl groups is 2. The van der Waals surface area contributed by atoms with Gasteiger partial charge in [-0.25, -0.2) is 4.98 Å². The molecule has 6 heteroatoms. The molecule has 1 aliphatic rings. The van der Waals surface area contributed by atoms with Gasteiger partial charge in [0.25, 0.3) is 0 Å². The van der Waals surface area contributed by atoms with Crippen molar-refractivity contribution in [2.45, 2.75) is 25.7 Å². The second kappa shape index (κ2) is 5.50. The van der Waals surface area contributed by atoms with Crippen molar-refractivity contribution in [3.63, 3.8) is 0 Å². The van der Waals surface area contributed by atoms with Crippen LogP contribution in [0.5, 0.6) is 11.5 Å². The summed E-state index contributed by atoms with van der Waals surface area (Å²) >= 11 is 1.64. The first-order chi connectivity index (χ1) is 9.72. The number of hydrogen-bond acceptors (Lipinski definition) is 6. The number of nitrogens with one attached hydrogen (secondary N) is 1. The van der Waals surface area contributed by atoms with Crippen LogP contribution in [0.4, 0.5) is 5.13 Å². The summed E-state index contributed by atoms with van der Waals surface area (Å²) in [6.07, 6.45) is 6.11. The number of rotatable bonds is 3. The van der Waals surface area contributed by atoms with Crippen LogP contribution in [0.3, 0.4) is 0 Å². The summed E-state index contributed by atoms with van der Waals surface area (Å²) in [4.78, 5) is 5.86. The van der Waals surface area contributed by atoms with Gasteiger partial charge in [-0.05, 0) is 37.8 Å². The zero-order chi connectivity index (χ0) is 13.9. The first kappa shape index (κ1) is 12.9. The lowest BCUT2D eigenvalue weighted by Crippen LogP contribution is -1.99. The normalized spacial score (nSPS) is 14.4. The first-order valence-corrected chi connectivity index (χ1v) is 7.33. The van der Waals surface area contributed by atoms with Crippen molar-refractivity contribution in [3.8, 4) is 11.5 Å². The highest BCUT2D eigenvalue weighted by molar-refractivity contribution is 7.15. The molecule has 0 saturated carbocycles. The van der Waals surface area contributed by atoms with E-state index >= 15 is 0 Å². The molecule has 1 aromatic heterocycles. The minimum absolute atomic E-state index is 0.00557. The molecule has 2 aromatic rings. The molecule has 0 saturated heterocycles. The smallest absolute Gasteiger partial charge is 0.203 e. The molecule has 1 aromatic carbocycles. The number of aromatic nitrogens is 1. The predicted octanol–water partition coefficient (Wildman–Crippen LogP) is 2.88. The minimum Gasteiger partial charge on any atom is -0.508 e. The summed E-state index contributed by atoms with van der Waals surface area (Å²) in [6, 6.07) is 4.38. The topological polar surface area (TPSA) is 77.7 Å². The van der Waals surface area contributed by atoms with E-state index in [-0.39, 0.29) is 11.5 Å². The lowest BCUT2D eigenvalue weighted by atomic mass is 10.0. The van der Waals surface area contributed by atoms with Crippen molar-refractivity contribution in [1.29, 1.82) is 0 Å². The number of benzene rings is 1. The second-order valence-corrected chi connectivity index (χ2v) is 5.79. The monoisotopic (exact) mass is 289 g/mol. The summed E-state index contributed by atoms with van der Waals surface area (Å²) in [5.41, 5.74) is 4.62. The summed E-state index contributed by atoms with van der Waals surface area (Å²) in [5.74, 6) is 0.0224. The van der Waals surface area contributed by atoms with Crippen LogP contribution in [0.2, 0.25) is 0 Å². The van der Waals surface area contributed by atoms with Gasteiger partial charge in [-0.2, -0.15) is 5.10 Å². The van der Waals surface area contributed by atoms with Gasteiger partial charge >= 0.3 is 0 Å². The third kappa shape index (κ3) is 2.75. The largest absolute Gasteiger partial charge is 0.508 e. The molecule has 0 unspecified atom stereocenters. The molecule has 0 aliphatic heterocycles. The van der Waals surface area contributed by atoms with Crippen LogP contribution in [0.15, 0.2) is 23.3 Å². The number of fused-ring (bicyclic) bond motifs is 1. The number of thiazole rings is 1. The standard InChI is InChI=1S/C14H15N3O2S/c18-10-6-5-9(12(19)7-10)8-15-17-14-16-11-3-1-2-4-13(11)20-14/h5-8,18-19H,1-4H2,(H,16,17)/b15-8+. The van der Waals surface area contributed by atoms with E-state index in [4.69, 9.17) is 0 Å². The Morgan fingerprint density at radius 1 is 1.25 bits per heavy atom. The summed E-state index contributed by atoms with van der Waals surface area (Å²) in [7, 11) is 0. The molecule has 5 nitrogen and oxygen atoms in total. The molecule has 0 bridgehead atoms. The minimum atomic E-state index is -0.00557. The second-order valence-electron chi connectivity index (χ2n) is 4.71. The predicted molar refractivity (Wildman–Crippen MR) is 79.7 cm³/mol. The van der Waals surface area contributed by atoms with Crippen LogP contribution in [0.25, 0.3) is 0 Å². The van der Waals surface area contributed by atoms with Gasteiger partial charge in [-0.15, -0.1) is 11.3 Å². The quantitative estimate of drug-likeness (QED) is 0.600. The van der Waals surface area contributed by atoms with Gasteiger partial charge in [-0.3, -0.25) is 5.43 Å². The van der Waals surface area contributed by atoms with Crippen LogP contribution in [0, 0.1) is 0 Å². The Balaban J connectivity index is 1.69. The highest BCUT2D eigenvalue weighted by Gasteiger charge is 2.14. The van der Waals surface area contributed by atoms with Crippen molar-refractivity contribution < 1.29 is 10.2 Å². The Bertz CT molecular complexity index is 628. The third-order valence-corrected chi connectivity index (χ3v) is 4.29. The number of anilines is 1. The molecule has 3 N–H and O–H groups in total. The van der Waals surface area contributed by atoms with Crippen LogP contribution in [-0.4, -0.2) is 21.4 Å². The van der Waals surface area contributed by atoms with E-state index in [2.05, 4.69) is 15.5 Å². The van der Waals surface area contributed by atoms with E-state index < -0.39 is 0 Å². The van der Waals surface area contributed by atoms with E-state index in [0.717, 1.165) is 18.0 Å². The molecule has 1 heterocycles. The first-order valence-electron chi connectivity index (χ1n) is 6.52. The number of nitrogens with zero attached hydrogens (tertiary/aromatic N) is 2. The Morgan fingerprint density at radius 2 is 2.10 bits per heavy atom. The van der Waals surface area contributed by atoms with Gasteiger partial charge in [0.15, 0.2) is 0 Å². The fourth-order valence-electron chi connectivity index (χ4n) is 2.20. The average molecular weight is 289 g/mol. The number of aryl methyl sites for hydroxylation is 2. The Labute approximate surface area is 120 Å². The Hall–Kier alpha value is -2.08. The van der Waals surface area contributed by atoms with Gasteiger partial charge in [0.1, 0.15) is 11.5 Å².